The van der Waals surface area contributed by atoms with E-state index >= 15 is 0 Å². The van der Waals surface area contributed by atoms with E-state index in [2.05, 4.69) is 37.5 Å². The van der Waals surface area contributed by atoms with Gasteiger partial charge in [-0.1, -0.05) is 6.92 Å². The molecule has 24 heavy (non-hydrogen) atoms. The highest BCUT2D eigenvalue weighted by atomic mass is 16.5. The zero-order chi connectivity index (χ0) is 17.4. The first-order chi connectivity index (χ1) is 11.3. The lowest BCUT2D eigenvalue weighted by atomic mass is 9.74. The fraction of sp³-hybridized carbons (Fsp3) is 0.950. The molecule has 3 rings (SSSR count). The van der Waals surface area contributed by atoms with Crippen molar-refractivity contribution in [1.29, 1.82) is 0 Å². The number of ether oxygens (including phenoxy) is 1. The lowest BCUT2D eigenvalue weighted by Gasteiger charge is -2.53. The second-order valence-corrected chi connectivity index (χ2v) is 9.27. The zero-order valence-corrected chi connectivity index (χ0v) is 16.1. The molecule has 0 aliphatic carbocycles. The van der Waals surface area contributed by atoms with Crippen LogP contribution in [0.3, 0.4) is 0 Å². The largest absolute Gasteiger partial charge is 0.369 e. The van der Waals surface area contributed by atoms with Gasteiger partial charge in [0.1, 0.15) is 0 Å². The van der Waals surface area contributed by atoms with Gasteiger partial charge in [-0.2, -0.15) is 0 Å². The Balaban J connectivity index is 1.47. The summed E-state index contributed by atoms with van der Waals surface area (Å²) in [5, 5.41) is 0. The molecule has 0 N–H and O–H groups in total. The monoisotopic (exact) mass is 336 g/mol. The standard InChI is InChI=1S/C20H36N2O2/c1-16-6-11-21(12-7-16)13-8-18(23)22-14-10-20(4)17(15-22)5-9-19(2,3)24-20/h16-17H,5-15H2,1-4H3/t17-,20+/m0/s1. The number of nitrogens with zero attached hydrogens (tertiary/aromatic N) is 2. The minimum absolute atomic E-state index is 0.0111. The average molecular weight is 337 g/mol. The van der Waals surface area contributed by atoms with Gasteiger partial charge in [0.2, 0.25) is 5.91 Å². The molecule has 3 saturated heterocycles. The van der Waals surface area contributed by atoms with Crippen molar-refractivity contribution in [2.75, 3.05) is 32.7 Å². The summed E-state index contributed by atoms with van der Waals surface area (Å²) in [6, 6.07) is 0. The van der Waals surface area contributed by atoms with E-state index in [0.29, 0.717) is 18.2 Å². The first kappa shape index (κ1) is 18.2. The van der Waals surface area contributed by atoms with Crippen molar-refractivity contribution >= 4 is 5.91 Å². The third-order valence-electron chi connectivity index (χ3n) is 6.66. The number of piperidine rings is 2. The van der Waals surface area contributed by atoms with Gasteiger partial charge in [0.15, 0.2) is 0 Å². The van der Waals surface area contributed by atoms with E-state index in [-0.39, 0.29) is 11.2 Å². The average Bonchev–Trinajstić information content (AvgIpc) is 2.52. The fourth-order valence-electron chi connectivity index (χ4n) is 4.77. The Kier molecular flexibility index (Phi) is 5.27. The molecular weight excluding hydrogens is 300 g/mol. The highest BCUT2D eigenvalue weighted by Crippen LogP contribution is 2.43. The summed E-state index contributed by atoms with van der Waals surface area (Å²) in [6.45, 7) is 14.0. The highest BCUT2D eigenvalue weighted by molar-refractivity contribution is 5.76. The maximum absolute atomic E-state index is 12.7. The molecule has 0 aromatic carbocycles. The number of amides is 1. The van der Waals surface area contributed by atoms with Crippen molar-refractivity contribution in [3.63, 3.8) is 0 Å². The molecular formula is C20H36N2O2. The summed E-state index contributed by atoms with van der Waals surface area (Å²) >= 11 is 0. The van der Waals surface area contributed by atoms with Crippen LogP contribution in [-0.2, 0) is 9.53 Å². The number of hydrogen-bond donors (Lipinski definition) is 0. The summed E-state index contributed by atoms with van der Waals surface area (Å²) in [5.74, 6) is 1.70. The van der Waals surface area contributed by atoms with Gasteiger partial charge in [-0.3, -0.25) is 4.79 Å². The van der Waals surface area contributed by atoms with Crippen LogP contribution in [0.15, 0.2) is 0 Å². The first-order valence-electron chi connectivity index (χ1n) is 9.98. The Morgan fingerprint density at radius 3 is 2.50 bits per heavy atom. The van der Waals surface area contributed by atoms with Crippen LogP contribution in [0.5, 0.6) is 0 Å². The lowest BCUT2D eigenvalue weighted by molar-refractivity contribution is -0.214. The van der Waals surface area contributed by atoms with E-state index in [1.165, 1.54) is 19.3 Å². The summed E-state index contributed by atoms with van der Waals surface area (Å²) in [4.78, 5) is 17.3. The van der Waals surface area contributed by atoms with Crippen LogP contribution in [0.25, 0.3) is 0 Å². The Bertz CT molecular complexity index is 457. The van der Waals surface area contributed by atoms with Gasteiger partial charge >= 0.3 is 0 Å². The fourth-order valence-corrected chi connectivity index (χ4v) is 4.77. The van der Waals surface area contributed by atoms with Gasteiger partial charge in [-0.25, -0.2) is 0 Å². The van der Waals surface area contributed by atoms with Crippen LogP contribution in [0, 0.1) is 11.8 Å². The maximum atomic E-state index is 12.7. The molecule has 138 valence electrons. The predicted molar refractivity (Wildman–Crippen MR) is 96.9 cm³/mol. The first-order valence-corrected chi connectivity index (χ1v) is 9.98. The van der Waals surface area contributed by atoms with Crippen LogP contribution < -0.4 is 0 Å². The Labute approximate surface area is 147 Å². The van der Waals surface area contributed by atoms with E-state index in [4.69, 9.17) is 4.74 Å². The molecule has 3 heterocycles. The minimum atomic E-state index is -0.0401. The van der Waals surface area contributed by atoms with Gasteiger partial charge in [0, 0.05) is 32.0 Å². The SMILES string of the molecule is CC1CCN(CCC(=O)N2CC[C@@]3(C)OC(C)(C)CC[C@H]3C2)CC1. The molecule has 0 aromatic heterocycles. The van der Waals surface area contributed by atoms with Crippen LogP contribution in [0.2, 0.25) is 0 Å². The van der Waals surface area contributed by atoms with Crippen LogP contribution >= 0.6 is 0 Å². The van der Waals surface area contributed by atoms with Gasteiger partial charge in [-0.15, -0.1) is 0 Å². The molecule has 4 heteroatoms. The molecule has 0 radical (unpaired) electrons. The topological polar surface area (TPSA) is 32.8 Å². The quantitative estimate of drug-likeness (QED) is 0.793. The van der Waals surface area contributed by atoms with Crippen LogP contribution in [0.1, 0.15) is 66.2 Å². The number of carbonyl (C=O) groups is 1. The van der Waals surface area contributed by atoms with Crippen molar-refractivity contribution in [3.05, 3.63) is 0 Å². The minimum Gasteiger partial charge on any atom is -0.369 e. The number of rotatable bonds is 3. The molecule has 1 amide bonds. The van der Waals surface area contributed by atoms with Crippen molar-refractivity contribution in [2.24, 2.45) is 11.8 Å². The predicted octanol–water partition coefficient (Wildman–Crippen LogP) is 3.30. The second kappa shape index (κ2) is 6.95. The number of fused-ring (bicyclic) bond motifs is 1. The Morgan fingerprint density at radius 1 is 1.08 bits per heavy atom. The van der Waals surface area contributed by atoms with Gasteiger partial charge in [0.05, 0.1) is 11.2 Å². The van der Waals surface area contributed by atoms with Gasteiger partial charge in [0.25, 0.3) is 0 Å². The number of hydrogen-bond acceptors (Lipinski definition) is 3. The molecule has 2 atom stereocenters. The van der Waals surface area contributed by atoms with Crippen molar-refractivity contribution in [2.45, 2.75) is 77.4 Å². The molecule has 0 aromatic rings. The van der Waals surface area contributed by atoms with Gasteiger partial charge < -0.3 is 14.5 Å². The normalized spacial score (nSPS) is 34.8. The molecule has 3 aliphatic heterocycles. The number of carbonyl (C=O) groups excluding carboxylic acids is 1. The van der Waals surface area contributed by atoms with Crippen molar-refractivity contribution < 1.29 is 9.53 Å². The highest BCUT2D eigenvalue weighted by Gasteiger charge is 2.47. The lowest BCUT2D eigenvalue weighted by Crippen LogP contribution is -2.58. The van der Waals surface area contributed by atoms with Crippen LogP contribution in [0.4, 0.5) is 0 Å². The molecule has 0 unspecified atom stereocenters. The molecule has 4 nitrogen and oxygen atoms in total. The summed E-state index contributed by atoms with van der Waals surface area (Å²) < 4.78 is 6.41. The van der Waals surface area contributed by atoms with Gasteiger partial charge in [-0.05, 0) is 71.9 Å². The smallest absolute Gasteiger partial charge is 0.223 e. The number of likely N-dealkylation sites (tertiary alicyclic amines) is 2. The Morgan fingerprint density at radius 2 is 1.79 bits per heavy atom. The maximum Gasteiger partial charge on any atom is 0.223 e. The third kappa shape index (κ3) is 4.13. The van der Waals surface area contributed by atoms with E-state index in [9.17, 15) is 4.79 Å². The van der Waals surface area contributed by atoms with Crippen LogP contribution in [-0.4, -0.2) is 59.6 Å². The van der Waals surface area contributed by atoms with E-state index in [1.54, 1.807) is 0 Å². The summed E-state index contributed by atoms with van der Waals surface area (Å²) in [5.41, 5.74) is -0.0512. The molecule has 0 bridgehead atoms. The molecule has 3 fully saturated rings. The summed E-state index contributed by atoms with van der Waals surface area (Å²) in [6.07, 6.45) is 6.51. The zero-order valence-electron chi connectivity index (χ0n) is 16.1. The molecule has 0 spiro atoms. The third-order valence-corrected chi connectivity index (χ3v) is 6.66. The van der Waals surface area contributed by atoms with E-state index < -0.39 is 0 Å². The Hall–Kier alpha value is -0.610. The second-order valence-electron chi connectivity index (χ2n) is 9.27. The molecule has 0 saturated carbocycles. The van der Waals surface area contributed by atoms with E-state index in [1.807, 2.05) is 0 Å². The van der Waals surface area contributed by atoms with Crippen molar-refractivity contribution in [1.82, 2.24) is 9.80 Å². The van der Waals surface area contributed by atoms with E-state index in [0.717, 1.165) is 51.5 Å². The summed E-state index contributed by atoms with van der Waals surface area (Å²) in [7, 11) is 0. The molecule has 3 aliphatic rings. The van der Waals surface area contributed by atoms with Crippen molar-refractivity contribution in [3.8, 4) is 0 Å².